The maximum Gasteiger partial charge on any atom is 0.218 e. The van der Waals surface area contributed by atoms with Crippen LogP contribution in [0.2, 0.25) is 0 Å². The Morgan fingerprint density at radius 2 is 1.81 bits per heavy atom. The van der Waals surface area contributed by atoms with E-state index in [0.717, 1.165) is 5.56 Å². The lowest BCUT2D eigenvalue weighted by Gasteiger charge is -2.07. The molecular formula is C21H17NO4. The fourth-order valence-corrected chi connectivity index (χ4v) is 2.42. The van der Waals surface area contributed by atoms with E-state index in [1.807, 2.05) is 0 Å². The van der Waals surface area contributed by atoms with Crippen molar-refractivity contribution in [3.8, 4) is 22.8 Å². The molecule has 26 heavy (non-hydrogen) atoms. The molecule has 5 nitrogen and oxygen atoms in total. The molecule has 3 rings (SSSR count). The summed E-state index contributed by atoms with van der Waals surface area (Å²) in [6.07, 6.45) is 2.87. The minimum Gasteiger partial charge on any atom is -0.497 e. The molecular weight excluding hydrogens is 330 g/mol. The molecule has 5 heteroatoms. The molecule has 0 bridgehead atoms. The summed E-state index contributed by atoms with van der Waals surface area (Å²) < 4.78 is 16.6. The Balaban J connectivity index is 1.94. The van der Waals surface area contributed by atoms with Crippen LogP contribution >= 0.6 is 0 Å². The van der Waals surface area contributed by atoms with Crippen molar-refractivity contribution < 1.29 is 13.9 Å². The fraction of sp³-hybridized carbons (Fsp3) is 0.0476. The number of ether oxygens (including phenoxy) is 2. The third-order valence-corrected chi connectivity index (χ3v) is 3.69. The molecule has 0 saturated carbocycles. The Morgan fingerprint density at radius 3 is 2.46 bits per heavy atom. The van der Waals surface area contributed by atoms with Crippen LogP contribution in [0.4, 0.5) is 0 Å². The number of hydrogen-bond acceptors (Lipinski definition) is 5. The Labute approximate surface area is 150 Å². The van der Waals surface area contributed by atoms with Crippen molar-refractivity contribution in [3.05, 3.63) is 84.2 Å². The Morgan fingerprint density at radius 1 is 1.08 bits per heavy atom. The number of rotatable bonds is 5. The summed E-state index contributed by atoms with van der Waals surface area (Å²) in [7, 11) is 1.55. The Hall–Kier alpha value is -3.60. The highest BCUT2D eigenvalue weighted by Crippen LogP contribution is 2.26. The lowest BCUT2D eigenvalue weighted by molar-refractivity contribution is 0.415. The third-order valence-electron chi connectivity index (χ3n) is 3.69. The number of benzene rings is 2. The zero-order valence-corrected chi connectivity index (χ0v) is 14.3. The predicted molar refractivity (Wildman–Crippen MR) is 103 cm³/mol. The zero-order valence-electron chi connectivity index (χ0n) is 14.3. The summed E-state index contributed by atoms with van der Waals surface area (Å²) in [5.41, 5.74) is 1.13. The summed E-state index contributed by atoms with van der Waals surface area (Å²) in [5.74, 6) is 2.02. The zero-order chi connectivity index (χ0) is 18.5. The van der Waals surface area contributed by atoms with Crippen molar-refractivity contribution in [1.29, 1.82) is 0 Å². The molecule has 1 heterocycles. The van der Waals surface area contributed by atoms with Gasteiger partial charge in [0.15, 0.2) is 5.43 Å². The van der Waals surface area contributed by atoms with E-state index in [4.69, 9.17) is 13.9 Å². The highest BCUT2D eigenvalue weighted by Gasteiger charge is 2.09. The van der Waals surface area contributed by atoms with Crippen molar-refractivity contribution in [1.82, 2.24) is 0 Å². The second kappa shape index (κ2) is 7.53. The molecule has 0 N–H and O–H groups in total. The van der Waals surface area contributed by atoms with Gasteiger partial charge in [-0.05, 0) is 48.5 Å². The topological polar surface area (TPSA) is 61.0 Å². The van der Waals surface area contributed by atoms with Crippen LogP contribution in [0.1, 0.15) is 0 Å². The summed E-state index contributed by atoms with van der Waals surface area (Å²) >= 11 is 0. The van der Waals surface area contributed by atoms with E-state index < -0.39 is 0 Å². The molecule has 0 spiro atoms. The summed E-state index contributed by atoms with van der Waals surface area (Å²) in [6, 6.07) is 13.7. The smallest absolute Gasteiger partial charge is 0.218 e. The number of nitrogens with zero attached hydrogens (tertiary/aromatic N) is 1. The first kappa shape index (κ1) is 17.2. The second-order valence-electron chi connectivity index (χ2n) is 5.32. The molecule has 1 aromatic heterocycles. The van der Waals surface area contributed by atoms with Crippen LogP contribution in [0.5, 0.6) is 11.5 Å². The van der Waals surface area contributed by atoms with E-state index in [0.29, 0.717) is 34.1 Å². The van der Waals surface area contributed by atoms with Crippen molar-refractivity contribution in [2.45, 2.75) is 0 Å². The SMILES string of the molecule is C=CN=C(C=C)Oc1ccc(-c2cc(=O)c3cc(OC)ccc3o2)cc1. The van der Waals surface area contributed by atoms with Crippen LogP contribution < -0.4 is 14.9 Å². The van der Waals surface area contributed by atoms with Crippen molar-refractivity contribution >= 4 is 16.9 Å². The Kier molecular flexibility index (Phi) is 4.99. The van der Waals surface area contributed by atoms with Gasteiger partial charge in [0.05, 0.1) is 12.5 Å². The standard InChI is InChI=1S/C21H17NO4/c1-4-21(22-5-2)25-15-8-6-14(7-9-15)20-13-18(23)17-12-16(24-3)10-11-19(17)26-20/h4-13H,1-2H2,3H3. The molecule has 0 fully saturated rings. The van der Waals surface area contributed by atoms with Crippen molar-refractivity contribution in [3.63, 3.8) is 0 Å². The van der Waals surface area contributed by atoms with Gasteiger partial charge in [0.2, 0.25) is 5.90 Å². The van der Waals surface area contributed by atoms with Gasteiger partial charge in [-0.25, -0.2) is 4.99 Å². The van der Waals surface area contributed by atoms with Gasteiger partial charge in [-0.1, -0.05) is 13.2 Å². The molecule has 0 unspecified atom stereocenters. The van der Waals surface area contributed by atoms with Gasteiger partial charge in [-0.3, -0.25) is 4.79 Å². The molecule has 2 aromatic carbocycles. The van der Waals surface area contributed by atoms with Crippen molar-refractivity contribution in [2.24, 2.45) is 4.99 Å². The maximum absolute atomic E-state index is 12.4. The highest BCUT2D eigenvalue weighted by atomic mass is 16.5. The molecule has 130 valence electrons. The van der Waals surface area contributed by atoms with Crippen LogP contribution in [-0.4, -0.2) is 13.0 Å². The second-order valence-corrected chi connectivity index (χ2v) is 5.32. The Bertz CT molecular complexity index is 1050. The summed E-state index contributed by atoms with van der Waals surface area (Å²) in [5, 5.41) is 0.476. The lowest BCUT2D eigenvalue weighted by atomic mass is 10.1. The number of methoxy groups -OCH3 is 1. The fourth-order valence-electron chi connectivity index (χ4n) is 2.42. The summed E-state index contributed by atoms with van der Waals surface area (Å²) in [4.78, 5) is 16.3. The van der Waals surface area contributed by atoms with E-state index in [9.17, 15) is 4.79 Å². The van der Waals surface area contributed by atoms with Crippen LogP contribution in [0.3, 0.4) is 0 Å². The minimum absolute atomic E-state index is 0.132. The van der Waals surface area contributed by atoms with Gasteiger partial charge < -0.3 is 13.9 Å². The minimum atomic E-state index is -0.132. The number of aliphatic imine (C=N–C) groups is 1. The van der Waals surface area contributed by atoms with E-state index in [2.05, 4.69) is 18.2 Å². The van der Waals surface area contributed by atoms with Gasteiger partial charge in [0.1, 0.15) is 22.8 Å². The van der Waals surface area contributed by atoms with Gasteiger partial charge in [0.25, 0.3) is 0 Å². The van der Waals surface area contributed by atoms with Gasteiger partial charge >= 0.3 is 0 Å². The van der Waals surface area contributed by atoms with Crippen LogP contribution in [0.15, 0.2) is 88.2 Å². The van der Waals surface area contributed by atoms with Gasteiger partial charge in [-0.15, -0.1) is 0 Å². The molecule has 3 aromatic rings. The van der Waals surface area contributed by atoms with Crippen LogP contribution in [0, 0.1) is 0 Å². The van der Waals surface area contributed by atoms with Gasteiger partial charge in [0, 0.05) is 17.8 Å². The molecule has 0 aliphatic rings. The van der Waals surface area contributed by atoms with Crippen LogP contribution in [-0.2, 0) is 0 Å². The van der Waals surface area contributed by atoms with Crippen LogP contribution in [0.25, 0.3) is 22.3 Å². The average Bonchev–Trinajstić information content (AvgIpc) is 2.68. The summed E-state index contributed by atoms with van der Waals surface area (Å²) in [6.45, 7) is 7.15. The van der Waals surface area contributed by atoms with E-state index in [1.165, 1.54) is 18.3 Å². The predicted octanol–water partition coefficient (Wildman–Crippen LogP) is 4.58. The maximum atomic E-state index is 12.4. The van der Waals surface area contributed by atoms with E-state index in [1.54, 1.807) is 49.6 Å². The monoisotopic (exact) mass is 347 g/mol. The van der Waals surface area contributed by atoms with Gasteiger partial charge in [-0.2, -0.15) is 0 Å². The molecule has 0 aliphatic carbocycles. The largest absolute Gasteiger partial charge is 0.497 e. The van der Waals surface area contributed by atoms with E-state index >= 15 is 0 Å². The first-order valence-electron chi connectivity index (χ1n) is 7.86. The number of fused-ring (bicyclic) bond motifs is 1. The molecule has 0 amide bonds. The average molecular weight is 347 g/mol. The first-order chi connectivity index (χ1) is 12.6. The molecule has 0 radical (unpaired) electrons. The lowest BCUT2D eigenvalue weighted by Crippen LogP contribution is -2.03. The quantitative estimate of drug-likeness (QED) is 0.501. The molecule has 0 aliphatic heterocycles. The van der Waals surface area contributed by atoms with E-state index in [-0.39, 0.29) is 5.43 Å². The van der Waals surface area contributed by atoms with Crippen molar-refractivity contribution in [2.75, 3.05) is 7.11 Å². The molecule has 0 saturated heterocycles. The first-order valence-corrected chi connectivity index (χ1v) is 7.86. The third kappa shape index (κ3) is 3.57. The number of hydrogen-bond donors (Lipinski definition) is 0. The molecule has 0 atom stereocenters. The normalized spacial score (nSPS) is 11.2. The highest BCUT2D eigenvalue weighted by molar-refractivity contribution is 5.89.